The van der Waals surface area contributed by atoms with Gasteiger partial charge in [-0.1, -0.05) is 21.6 Å². The summed E-state index contributed by atoms with van der Waals surface area (Å²) in [7, 11) is 3.21. The van der Waals surface area contributed by atoms with Gasteiger partial charge < -0.3 is 38.5 Å². The van der Waals surface area contributed by atoms with E-state index in [9.17, 15) is 28.8 Å². The summed E-state index contributed by atoms with van der Waals surface area (Å²) in [4.78, 5) is 72.1. The molecule has 228 valence electrons. The van der Waals surface area contributed by atoms with Crippen molar-refractivity contribution in [2.75, 3.05) is 13.7 Å². The largest absolute Gasteiger partial charge is 0.467 e. The fourth-order valence-corrected chi connectivity index (χ4v) is 6.13. The Labute approximate surface area is 240 Å². The average Bonchev–Trinajstić information content (AvgIpc) is 2.80. The van der Waals surface area contributed by atoms with E-state index in [0.717, 1.165) is 49.5 Å². The Morgan fingerprint density at radius 1 is 0.850 bits per heavy atom. The highest BCUT2D eigenvalue weighted by Gasteiger charge is 2.52. The molecule has 14 nitrogen and oxygen atoms in total. The molecule has 0 radical (unpaired) electrons. The van der Waals surface area contributed by atoms with E-state index in [1.165, 1.54) is 6.92 Å². The van der Waals surface area contributed by atoms with E-state index < -0.39 is 82.7 Å². The van der Waals surface area contributed by atoms with Crippen LogP contribution in [0.1, 0.15) is 55.4 Å². The second-order valence-electron chi connectivity index (χ2n) is 9.61. The van der Waals surface area contributed by atoms with E-state index in [1.807, 2.05) is 0 Å². The van der Waals surface area contributed by atoms with E-state index in [2.05, 4.69) is 5.32 Å². The predicted octanol–water partition coefficient (Wildman–Crippen LogP) is 1.91. The maximum absolute atomic E-state index is 12.5. The normalized spacial score (nSPS) is 24.0. The van der Waals surface area contributed by atoms with E-state index in [0.29, 0.717) is 0 Å². The van der Waals surface area contributed by atoms with Crippen LogP contribution in [0.5, 0.6) is 0 Å². The van der Waals surface area contributed by atoms with Crippen LogP contribution in [0.15, 0.2) is 0 Å². The number of alkyl carbamates (subject to hydrolysis) is 1. The first-order valence-electron chi connectivity index (χ1n) is 12.1. The first kappa shape index (κ1) is 35.3. The molecule has 0 aromatic heterocycles. The molecule has 0 aliphatic carbocycles. The van der Waals surface area contributed by atoms with Crippen molar-refractivity contribution < 1.29 is 61.9 Å². The van der Waals surface area contributed by atoms with Gasteiger partial charge in [0.2, 0.25) is 0 Å². The van der Waals surface area contributed by atoms with Crippen LogP contribution in [0, 0.1) is 0 Å². The molecule has 1 aliphatic rings. The number of nitrogens with one attached hydrogen (secondary N) is 1. The van der Waals surface area contributed by atoms with Crippen molar-refractivity contribution in [3.05, 3.63) is 0 Å². The zero-order valence-corrected chi connectivity index (χ0v) is 25.5. The van der Waals surface area contributed by atoms with Gasteiger partial charge in [-0.2, -0.15) is 0 Å². The molecule has 0 aromatic rings. The summed E-state index contributed by atoms with van der Waals surface area (Å²) in [6.07, 6.45) is -5.86. The van der Waals surface area contributed by atoms with Gasteiger partial charge in [0.1, 0.15) is 24.4 Å². The third kappa shape index (κ3) is 12.2. The number of methoxy groups -OCH3 is 1. The minimum Gasteiger partial charge on any atom is -0.467 e. The van der Waals surface area contributed by atoms with Crippen molar-refractivity contribution in [2.45, 2.75) is 102 Å². The summed E-state index contributed by atoms with van der Waals surface area (Å²) in [5.74, 6) is -3.63. The van der Waals surface area contributed by atoms with Crippen LogP contribution in [0.4, 0.5) is 4.79 Å². The van der Waals surface area contributed by atoms with Gasteiger partial charge in [-0.25, -0.2) is 9.59 Å². The third-order valence-electron chi connectivity index (χ3n) is 4.85. The summed E-state index contributed by atoms with van der Waals surface area (Å²) in [5, 5.41) is 1.82. The minimum atomic E-state index is -1.33. The van der Waals surface area contributed by atoms with Gasteiger partial charge >= 0.3 is 35.9 Å². The summed E-state index contributed by atoms with van der Waals surface area (Å²) in [6, 6.07) is -1.15. The van der Waals surface area contributed by atoms with Crippen LogP contribution in [0.3, 0.4) is 0 Å². The number of hydrogen-bond donors (Lipinski definition) is 1. The third-order valence-corrected chi connectivity index (χ3v) is 7.92. The van der Waals surface area contributed by atoms with E-state index in [-0.39, 0.29) is 6.61 Å². The fraction of sp³-hybridized carbons (Fsp3) is 0.750. The fourth-order valence-electron chi connectivity index (χ4n) is 3.39. The average molecular weight is 612 g/mol. The Morgan fingerprint density at radius 3 is 1.85 bits per heavy atom. The summed E-state index contributed by atoms with van der Waals surface area (Å²) in [5.41, 5.74) is -1.89. The Bertz CT molecular complexity index is 938. The second kappa shape index (κ2) is 15.9. The lowest BCUT2D eigenvalue weighted by Gasteiger charge is -2.44. The van der Waals surface area contributed by atoms with Gasteiger partial charge in [-0.05, 0) is 27.7 Å². The van der Waals surface area contributed by atoms with Gasteiger partial charge in [0, 0.05) is 32.9 Å². The summed E-state index contributed by atoms with van der Waals surface area (Å²) in [6.45, 7) is 10.8. The number of carbonyl (C=O) groups excluding carboxylic acids is 6. The van der Waals surface area contributed by atoms with Gasteiger partial charge in [0.25, 0.3) is 0 Å². The molecule has 40 heavy (non-hydrogen) atoms. The molecule has 1 N–H and O–H groups in total. The molecule has 1 fully saturated rings. The number of rotatable bonds is 11. The van der Waals surface area contributed by atoms with Crippen molar-refractivity contribution in [1.29, 1.82) is 0 Å². The van der Waals surface area contributed by atoms with E-state index in [1.54, 1.807) is 27.7 Å². The molecular weight excluding hydrogens is 574 g/mol. The van der Waals surface area contributed by atoms with Crippen LogP contribution >= 0.6 is 21.6 Å². The molecule has 1 saturated heterocycles. The number of hydrogen-bond acceptors (Lipinski definition) is 15. The van der Waals surface area contributed by atoms with Crippen molar-refractivity contribution in [3.63, 3.8) is 0 Å². The zero-order chi connectivity index (χ0) is 30.8. The zero-order valence-electron chi connectivity index (χ0n) is 23.9. The molecule has 0 unspecified atom stereocenters. The Morgan fingerprint density at radius 2 is 1.38 bits per heavy atom. The monoisotopic (exact) mass is 611 g/mol. The molecule has 0 spiro atoms. The summed E-state index contributed by atoms with van der Waals surface area (Å²) >= 11 is 0. The van der Waals surface area contributed by atoms with Crippen LogP contribution in [0.2, 0.25) is 0 Å². The van der Waals surface area contributed by atoms with Crippen molar-refractivity contribution in [3.8, 4) is 0 Å². The number of ether oxygens (including phenoxy) is 7. The lowest BCUT2D eigenvalue weighted by Crippen LogP contribution is -2.61. The SMILES string of the molecule is COC(=O)[C@@H](NC(=O)OC(C)(C)C)[C@@H](C)SS[C@@H]1O[C@H](COC(C)=O)[C@@H](OC(C)=O)[C@H](OC(C)=O)[C@H]1OC(C)=O. The molecule has 1 heterocycles. The lowest BCUT2D eigenvalue weighted by molar-refractivity contribution is -0.237. The van der Waals surface area contributed by atoms with Crippen molar-refractivity contribution in [1.82, 2.24) is 5.32 Å². The van der Waals surface area contributed by atoms with Crippen LogP contribution in [0.25, 0.3) is 0 Å². The molecule has 16 heteroatoms. The summed E-state index contributed by atoms with van der Waals surface area (Å²) < 4.78 is 37.3. The molecule has 1 amide bonds. The van der Waals surface area contributed by atoms with Gasteiger partial charge in [-0.15, -0.1) is 0 Å². The second-order valence-corrected chi connectivity index (χ2v) is 12.4. The molecule has 1 aliphatic heterocycles. The smallest absolute Gasteiger partial charge is 0.408 e. The quantitative estimate of drug-likeness (QED) is 0.203. The molecule has 1 rings (SSSR count). The van der Waals surface area contributed by atoms with Crippen molar-refractivity contribution in [2.24, 2.45) is 0 Å². The van der Waals surface area contributed by atoms with Crippen LogP contribution < -0.4 is 5.32 Å². The topological polar surface area (TPSA) is 179 Å². The maximum atomic E-state index is 12.5. The highest BCUT2D eigenvalue weighted by molar-refractivity contribution is 8.77. The first-order valence-corrected chi connectivity index (χ1v) is 14.4. The molecule has 0 aromatic carbocycles. The number of amides is 1. The Balaban J connectivity index is 3.29. The predicted molar refractivity (Wildman–Crippen MR) is 142 cm³/mol. The molecule has 0 saturated carbocycles. The first-order chi connectivity index (χ1) is 18.4. The minimum absolute atomic E-state index is 0.375. The molecule has 7 atom stereocenters. The van der Waals surface area contributed by atoms with E-state index >= 15 is 0 Å². The molecule has 0 bridgehead atoms. The highest BCUT2D eigenvalue weighted by atomic mass is 33.1. The highest BCUT2D eigenvalue weighted by Crippen LogP contribution is 2.41. The molecular formula is C24H37NO13S2. The lowest BCUT2D eigenvalue weighted by atomic mass is 9.99. The Hall–Kier alpha value is -2.72. The van der Waals surface area contributed by atoms with Gasteiger partial charge in [-0.3, -0.25) is 19.2 Å². The number of esters is 5. The van der Waals surface area contributed by atoms with Gasteiger partial charge in [0.15, 0.2) is 23.7 Å². The van der Waals surface area contributed by atoms with Crippen LogP contribution in [-0.4, -0.2) is 96.4 Å². The van der Waals surface area contributed by atoms with Crippen LogP contribution in [-0.2, 0) is 57.1 Å². The Kier molecular flexibility index (Phi) is 14.0. The number of carbonyl (C=O) groups is 6. The van der Waals surface area contributed by atoms with E-state index in [4.69, 9.17) is 33.2 Å². The van der Waals surface area contributed by atoms with Crippen molar-refractivity contribution >= 4 is 57.5 Å². The van der Waals surface area contributed by atoms with Gasteiger partial charge in [0.05, 0.1) is 7.11 Å². The standard InChI is InChI=1S/C24H37NO13S2/c1-11(17(21(30)32-9)25-23(31)38-24(6,7)8)39-40-22-20(36-15(5)29)19(35-14(4)28)18(34-13(3)27)16(37-22)10-33-12(2)26/h11,16-20,22H,10H2,1-9H3,(H,25,31)/t11-,16-,17+,18-,19+,20-,22+/m1/s1. The maximum Gasteiger partial charge on any atom is 0.408 e.